The summed E-state index contributed by atoms with van der Waals surface area (Å²) >= 11 is 0. The first-order valence-corrected chi connectivity index (χ1v) is 15.7. The van der Waals surface area contributed by atoms with Gasteiger partial charge in [0.25, 0.3) is 0 Å². The number of fused-ring (bicyclic) bond motifs is 5. The minimum Gasteiger partial charge on any atom is -0.456 e. The van der Waals surface area contributed by atoms with Gasteiger partial charge in [-0.15, -0.1) is 0 Å². The van der Waals surface area contributed by atoms with E-state index in [1.165, 1.54) is 32.7 Å². The Kier molecular flexibility index (Phi) is 6.17. The van der Waals surface area contributed by atoms with Gasteiger partial charge in [0.15, 0.2) is 0 Å². The summed E-state index contributed by atoms with van der Waals surface area (Å²) in [6.45, 7) is 0. The third kappa shape index (κ3) is 4.43. The Labute approximate surface area is 267 Å². The van der Waals surface area contributed by atoms with Crippen LogP contribution in [0.2, 0.25) is 0 Å². The van der Waals surface area contributed by atoms with Crippen molar-refractivity contribution in [2.75, 3.05) is 4.90 Å². The van der Waals surface area contributed by atoms with Crippen molar-refractivity contribution < 1.29 is 4.42 Å². The third-order valence-corrected chi connectivity index (χ3v) is 9.03. The van der Waals surface area contributed by atoms with Gasteiger partial charge in [-0.2, -0.15) is 0 Å². The number of rotatable bonds is 5. The first kappa shape index (κ1) is 26.3. The molecular weight excluding hydrogens is 558 g/mol. The summed E-state index contributed by atoms with van der Waals surface area (Å²) in [5.74, 6) is 0. The van der Waals surface area contributed by atoms with E-state index in [0.717, 1.165) is 50.1 Å². The Morgan fingerprint density at radius 3 is 1.93 bits per heavy atom. The average molecular weight is 588 g/mol. The lowest BCUT2D eigenvalue weighted by Crippen LogP contribution is -2.11. The fourth-order valence-corrected chi connectivity index (χ4v) is 6.81. The molecule has 0 fully saturated rings. The Morgan fingerprint density at radius 1 is 0.348 bits per heavy atom. The molecule has 9 rings (SSSR count). The van der Waals surface area contributed by atoms with Crippen LogP contribution in [-0.4, -0.2) is 0 Å². The molecule has 0 radical (unpaired) electrons. The predicted octanol–water partition coefficient (Wildman–Crippen LogP) is 12.7. The average Bonchev–Trinajstić information content (AvgIpc) is 3.50. The number of nitrogens with zero attached hydrogens (tertiary/aromatic N) is 1. The van der Waals surface area contributed by atoms with Gasteiger partial charge in [0, 0.05) is 27.4 Å². The summed E-state index contributed by atoms with van der Waals surface area (Å²) in [6, 6.07) is 62.9. The first-order valence-electron chi connectivity index (χ1n) is 15.7. The molecule has 0 spiro atoms. The van der Waals surface area contributed by atoms with Crippen LogP contribution in [0.4, 0.5) is 17.1 Å². The van der Waals surface area contributed by atoms with E-state index in [2.05, 4.69) is 169 Å². The van der Waals surface area contributed by atoms with Gasteiger partial charge in [-0.1, -0.05) is 127 Å². The maximum absolute atomic E-state index is 6.18. The molecule has 0 amide bonds. The lowest BCUT2D eigenvalue weighted by atomic mass is 9.98. The van der Waals surface area contributed by atoms with E-state index < -0.39 is 0 Å². The first-order chi connectivity index (χ1) is 22.8. The molecule has 1 aromatic heterocycles. The van der Waals surface area contributed by atoms with E-state index in [1.807, 2.05) is 12.1 Å². The highest BCUT2D eigenvalue weighted by molar-refractivity contribution is 6.07. The smallest absolute Gasteiger partial charge is 0.135 e. The largest absolute Gasteiger partial charge is 0.456 e. The number of anilines is 3. The summed E-state index contributed by atoms with van der Waals surface area (Å²) < 4.78 is 6.18. The summed E-state index contributed by atoms with van der Waals surface area (Å²) in [4.78, 5) is 2.42. The van der Waals surface area contributed by atoms with Crippen molar-refractivity contribution in [3.63, 3.8) is 0 Å². The van der Waals surface area contributed by atoms with E-state index in [0.29, 0.717) is 0 Å². The van der Waals surface area contributed by atoms with Gasteiger partial charge in [0.05, 0.1) is 11.4 Å². The van der Waals surface area contributed by atoms with E-state index in [1.54, 1.807) is 0 Å². The zero-order valence-corrected chi connectivity index (χ0v) is 25.1. The van der Waals surface area contributed by atoms with Crippen LogP contribution in [0.1, 0.15) is 0 Å². The topological polar surface area (TPSA) is 16.4 Å². The number of benzene rings is 8. The molecule has 2 heteroatoms. The number of furan rings is 1. The zero-order valence-electron chi connectivity index (χ0n) is 25.1. The molecule has 0 aliphatic rings. The quantitative estimate of drug-likeness (QED) is 0.199. The van der Waals surface area contributed by atoms with Gasteiger partial charge in [-0.05, 0) is 81.4 Å². The predicted molar refractivity (Wildman–Crippen MR) is 194 cm³/mol. The molecule has 0 N–H and O–H groups in total. The minimum absolute atomic E-state index is 0.899. The Bertz CT molecular complexity index is 2550. The van der Waals surface area contributed by atoms with Crippen molar-refractivity contribution in [2.24, 2.45) is 0 Å². The van der Waals surface area contributed by atoms with Crippen LogP contribution < -0.4 is 4.90 Å². The Balaban J connectivity index is 1.27. The summed E-state index contributed by atoms with van der Waals surface area (Å²) in [5.41, 5.74) is 9.83. The monoisotopic (exact) mass is 587 g/mol. The summed E-state index contributed by atoms with van der Waals surface area (Å²) in [5, 5.41) is 7.15. The van der Waals surface area contributed by atoms with Gasteiger partial charge in [0.1, 0.15) is 11.2 Å². The van der Waals surface area contributed by atoms with Crippen LogP contribution in [0.15, 0.2) is 180 Å². The zero-order chi connectivity index (χ0) is 30.5. The number of hydrogen-bond donors (Lipinski definition) is 0. The van der Waals surface area contributed by atoms with Crippen LogP contribution in [0.25, 0.3) is 65.7 Å². The van der Waals surface area contributed by atoms with Crippen molar-refractivity contribution >= 4 is 60.5 Å². The van der Waals surface area contributed by atoms with Gasteiger partial charge in [-0.3, -0.25) is 0 Å². The fraction of sp³-hybridized carbons (Fsp3) is 0. The minimum atomic E-state index is 0.899. The molecule has 0 saturated carbocycles. The highest BCUT2D eigenvalue weighted by Gasteiger charge is 2.20. The molecular formula is C44H29NO. The van der Waals surface area contributed by atoms with E-state index in [9.17, 15) is 0 Å². The molecule has 1 heterocycles. The van der Waals surface area contributed by atoms with Crippen molar-refractivity contribution in [1.82, 2.24) is 0 Å². The highest BCUT2D eigenvalue weighted by atomic mass is 16.3. The van der Waals surface area contributed by atoms with Gasteiger partial charge in [0.2, 0.25) is 0 Å². The maximum atomic E-state index is 6.18. The standard InChI is InChI=1S/C44H29NO/c1-2-13-32-27-34(24-23-30(32)11-1)33-15-9-16-36(28-33)45(42-21-10-14-31-12-3-4-17-37(31)42)41-20-7-5-18-38(41)35-25-26-44-40(29-35)39-19-6-8-22-43(39)46-44/h1-29H. The lowest BCUT2D eigenvalue weighted by molar-refractivity contribution is 0.669. The molecule has 216 valence electrons. The van der Waals surface area contributed by atoms with E-state index in [-0.39, 0.29) is 0 Å². The second-order valence-electron chi connectivity index (χ2n) is 11.8. The molecule has 8 aromatic carbocycles. The molecule has 9 aromatic rings. The second kappa shape index (κ2) is 10.8. The van der Waals surface area contributed by atoms with Crippen molar-refractivity contribution in [2.45, 2.75) is 0 Å². The van der Waals surface area contributed by atoms with Crippen molar-refractivity contribution in [1.29, 1.82) is 0 Å². The van der Waals surface area contributed by atoms with E-state index in [4.69, 9.17) is 4.42 Å². The van der Waals surface area contributed by atoms with Crippen LogP contribution in [0.5, 0.6) is 0 Å². The summed E-state index contributed by atoms with van der Waals surface area (Å²) in [6.07, 6.45) is 0. The fourth-order valence-electron chi connectivity index (χ4n) is 6.81. The maximum Gasteiger partial charge on any atom is 0.135 e. The van der Waals surface area contributed by atoms with Gasteiger partial charge in [-0.25, -0.2) is 0 Å². The number of para-hydroxylation sites is 2. The SMILES string of the molecule is c1cc(-c2ccc3ccccc3c2)cc(N(c2ccccc2-c2ccc3oc4ccccc4c3c2)c2cccc3ccccc23)c1. The second-order valence-corrected chi connectivity index (χ2v) is 11.8. The van der Waals surface area contributed by atoms with Crippen LogP contribution in [-0.2, 0) is 0 Å². The van der Waals surface area contributed by atoms with Crippen LogP contribution in [0, 0.1) is 0 Å². The summed E-state index contributed by atoms with van der Waals surface area (Å²) in [7, 11) is 0. The van der Waals surface area contributed by atoms with Gasteiger partial charge < -0.3 is 9.32 Å². The molecule has 0 aliphatic heterocycles. The number of hydrogen-bond acceptors (Lipinski definition) is 2. The molecule has 46 heavy (non-hydrogen) atoms. The van der Waals surface area contributed by atoms with Crippen LogP contribution >= 0.6 is 0 Å². The molecule has 2 nitrogen and oxygen atoms in total. The Morgan fingerprint density at radius 2 is 1.00 bits per heavy atom. The highest BCUT2D eigenvalue weighted by Crippen LogP contribution is 2.45. The normalized spacial score (nSPS) is 11.5. The third-order valence-electron chi connectivity index (χ3n) is 9.03. The molecule has 0 bridgehead atoms. The molecule has 0 unspecified atom stereocenters. The molecule has 0 aliphatic carbocycles. The van der Waals surface area contributed by atoms with Crippen molar-refractivity contribution in [3.05, 3.63) is 176 Å². The van der Waals surface area contributed by atoms with Crippen LogP contribution in [0.3, 0.4) is 0 Å². The Hall–Kier alpha value is -6.12. The lowest BCUT2D eigenvalue weighted by Gasteiger charge is -2.29. The molecule has 0 saturated heterocycles. The van der Waals surface area contributed by atoms with Crippen molar-refractivity contribution in [3.8, 4) is 22.3 Å². The van der Waals surface area contributed by atoms with Gasteiger partial charge >= 0.3 is 0 Å². The molecule has 0 atom stereocenters. The van der Waals surface area contributed by atoms with E-state index >= 15 is 0 Å².